The summed E-state index contributed by atoms with van der Waals surface area (Å²) in [5, 5.41) is 3.08. The summed E-state index contributed by atoms with van der Waals surface area (Å²) in [5.74, 6) is 0.0744. The third-order valence-corrected chi connectivity index (χ3v) is 3.17. The zero-order chi connectivity index (χ0) is 15.3. The lowest BCUT2D eigenvalue weighted by molar-refractivity contribution is -0.139. The fourth-order valence-corrected chi connectivity index (χ4v) is 2.33. The van der Waals surface area contributed by atoms with Crippen LogP contribution in [0.15, 0.2) is 18.5 Å². The Bertz CT molecular complexity index is 421. The van der Waals surface area contributed by atoms with Crippen LogP contribution in [-0.4, -0.2) is 24.7 Å². The molecule has 2 atom stereocenters. The molecule has 0 saturated heterocycles. The summed E-state index contributed by atoms with van der Waals surface area (Å²) in [6, 6.07) is 0.461. The standard InChI is InChI=1S/C14H21F3N2O/c1-5-19-12(13(20-4)9(2)3)10-8-18-7-6-11(10)14(15,16)17/h6-9,12-13,19H,5H2,1-4H3. The molecule has 0 aliphatic heterocycles. The Morgan fingerprint density at radius 1 is 1.35 bits per heavy atom. The molecular weight excluding hydrogens is 269 g/mol. The molecule has 0 radical (unpaired) electrons. The highest BCUT2D eigenvalue weighted by Gasteiger charge is 2.37. The highest BCUT2D eigenvalue weighted by Crippen LogP contribution is 2.36. The van der Waals surface area contributed by atoms with E-state index < -0.39 is 17.8 Å². The Hall–Kier alpha value is -1.14. The van der Waals surface area contributed by atoms with Crippen LogP contribution < -0.4 is 5.32 Å². The van der Waals surface area contributed by atoms with Gasteiger partial charge in [-0.25, -0.2) is 0 Å². The Labute approximate surface area is 117 Å². The average Bonchev–Trinajstić information content (AvgIpc) is 2.37. The van der Waals surface area contributed by atoms with E-state index in [1.54, 1.807) is 0 Å². The maximum absolute atomic E-state index is 13.1. The van der Waals surface area contributed by atoms with Crippen LogP contribution in [0.5, 0.6) is 0 Å². The molecule has 2 unspecified atom stereocenters. The number of pyridine rings is 1. The molecule has 0 bridgehead atoms. The number of nitrogens with zero attached hydrogens (tertiary/aromatic N) is 1. The molecule has 114 valence electrons. The second kappa shape index (κ2) is 7.04. The number of alkyl halides is 3. The molecule has 20 heavy (non-hydrogen) atoms. The minimum absolute atomic E-state index is 0.0744. The van der Waals surface area contributed by atoms with Gasteiger partial charge >= 0.3 is 6.18 Å². The van der Waals surface area contributed by atoms with Gasteiger partial charge in [-0.1, -0.05) is 20.8 Å². The molecule has 0 spiro atoms. The SMILES string of the molecule is CCNC(c1cnccc1C(F)(F)F)C(OC)C(C)C. The Kier molecular flexibility index (Phi) is 5.95. The van der Waals surface area contributed by atoms with Crippen LogP contribution in [0.1, 0.15) is 37.9 Å². The molecule has 0 aromatic carbocycles. The second-order valence-corrected chi connectivity index (χ2v) is 4.94. The minimum Gasteiger partial charge on any atom is -0.379 e. The Morgan fingerprint density at radius 2 is 2.00 bits per heavy atom. The van der Waals surface area contributed by atoms with Gasteiger partial charge in [0.2, 0.25) is 0 Å². The van der Waals surface area contributed by atoms with E-state index in [4.69, 9.17) is 4.74 Å². The van der Waals surface area contributed by atoms with Gasteiger partial charge < -0.3 is 10.1 Å². The van der Waals surface area contributed by atoms with Gasteiger partial charge in [-0.05, 0) is 18.5 Å². The third kappa shape index (κ3) is 3.93. The molecule has 1 heterocycles. The predicted molar refractivity (Wildman–Crippen MR) is 71.3 cm³/mol. The van der Waals surface area contributed by atoms with Crippen LogP contribution in [0.2, 0.25) is 0 Å². The number of ether oxygens (including phenoxy) is 1. The van der Waals surface area contributed by atoms with E-state index in [-0.39, 0.29) is 17.6 Å². The number of aromatic nitrogens is 1. The predicted octanol–water partition coefficient (Wildman–Crippen LogP) is 3.42. The maximum atomic E-state index is 13.1. The number of nitrogens with one attached hydrogen (secondary N) is 1. The quantitative estimate of drug-likeness (QED) is 0.871. The van der Waals surface area contributed by atoms with E-state index in [2.05, 4.69) is 10.3 Å². The fraction of sp³-hybridized carbons (Fsp3) is 0.643. The van der Waals surface area contributed by atoms with Crippen LogP contribution in [0.3, 0.4) is 0 Å². The average molecular weight is 290 g/mol. The molecule has 0 amide bonds. The molecule has 1 aromatic rings. The molecule has 1 aromatic heterocycles. The fourth-order valence-electron chi connectivity index (χ4n) is 2.33. The highest BCUT2D eigenvalue weighted by molar-refractivity contribution is 5.30. The molecule has 1 N–H and O–H groups in total. The molecule has 6 heteroatoms. The molecule has 3 nitrogen and oxygen atoms in total. The summed E-state index contributed by atoms with van der Waals surface area (Å²) >= 11 is 0. The summed E-state index contributed by atoms with van der Waals surface area (Å²) in [6.45, 7) is 6.23. The van der Waals surface area contributed by atoms with Gasteiger partial charge in [0.15, 0.2) is 0 Å². The van der Waals surface area contributed by atoms with Crippen LogP contribution in [0.4, 0.5) is 13.2 Å². The first-order valence-electron chi connectivity index (χ1n) is 6.60. The summed E-state index contributed by atoms with van der Waals surface area (Å²) in [6.07, 6.45) is -2.33. The zero-order valence-corrected chi connectivity index (χ0v) is 12.2. The van der Waals surface area contributed by atoms with E-state index in [9.17, 15) is 13.2 Å². The van der Waals surface area contributed by atoms with Gasteiger partial charge in [-0.3, -0.25) is 4.98 Å². The first-order chi connectivity index (χ1) is 9.32. The lowest BCUT2D eigenvalue weighted by Crippen LogP contribution is -2.38. The molecule has 0 saturated carbocycles. The van der Waals surface area contributed by atoms with Crippen molar-refractivity contribution < 1.29 is 17.9 Å². The third-order valence-electron chi connectivity index (χ3n) is 3.17. The normalized spacial score (nSPS) is 15.4. The molecule has 0 aliphatic carbocycles. The zero-order valence-electron chi connectivity index (χ0n) is 12.2. The van der Waals surface area contributed by atoms with E-state index >= 15 is 0 Å². The number of methoxy groups -OCH3 is 1. The number of likely N-dealkylation sites (N-methyl/N-ethyl adjacent to an activating group) is 1. The lowest BCUT2D eigenvalue weighted by Gasteiger charge is -2.31. The van der Waals surface area contributed by atoms with E-state index in [1.807, 2.05) is 20.8 Å². The summed E-state index contributed by atoms with van der Waals surface area (Å²) < 4.78 is 44.8. The monoisotopic (exact) mass is 290 g/mol. The van der Waals surface area contributed by atoms with Crippen molar-refractivity contribution in [2.75, 3.05) is 13.7 Å². The number of hydrogen-bond donors (Lipinski definition) is 1. The molecular formula is C14H21F3N2O. The van der Waals surface area contributed by atoms with Crippen molar-refractivity contribution in [1.82, 2.24) is 10.3 Å². The number of rotatable bonds is 6. The topological polar surface area (TPSA) is 34.2 Å². The van der Waals surface area contributed by atoms with Gasteiger partial charge in [-0.15, -0.1) is 0 Å². The van der Waals surface area contributed by atoms with Gasteiger partial charge in [-0.2, -0.15) is 13.2 Å². The van der Waals surface area contributed by atoms with Crippen molar-refractivity contribution in [2.24, 2.45) is 5.92 Å². The maximum Gasteiger partial charge on any atom is 0.416 e. The summed E-state index contributed by atoms with van der Waals surface area (Å²) in [4.78, 5) is 3.84. The van der Waals surface area contributed by atoms with Gasteiger partial charge in [0.05, 0.1) is 17.7 Å². The summed E-state index contributed by atoms with van der Waals surface area (Å²) in [7, 11) is 1.51. The van der Waals surface area contributed by atoms with Gasteiger partial charge in [0.25, 0.3) is 0 Å². The van der Waals surface area contributed by atoms with E-state index in [1.165, 1.54) is 13.3 Å². The largest absolute Gasteiger partial charge is 0.416 e. The van der Waals surface area contributed by atoms with Crippen LogP contribution in [0, 0.1) is 5.92 Å². The smallest absolute Gasteiger partial charge is 0.379 e. The van der Waals surface area contributed by atoms with Crippen molar-refractivity contribution in [3.05, 3.63) is 29.6 Å². The van der Waals surface area contributed by atoms with Crippen molar-refractivity contribution >= 4 is 0 Å². The highest BCUT2D eigenvalue weighted by atomic mass is 19.4. The molecule has 1 rings (SSSR count). The van der Waals surface area contributed by atoms with Crippen molar-refractivity contribution in [3.63, 3.8) is 0 Å². The molecule has 0 fully saturated rings. The minimum atomic E-state index is -4.40. The van der Waals surface area contributed by atoms with Crippen LogP contribution in [0.25, 0.3) is 0 Å². The Balaban J connectivity index is 3.28. The van der Waals surface area contributed by atoms with Gasteiger partial charge in [0, 0.05) is 25.1 Å². The van der Waals surface area contributed by atoms with Crippen molar-refractivity contribution in [2.45, 2.75) is 39.1 Å². The van der Waals surface area contributed by atoms with Gasteiger partial charge in [0.1, 0.15) is 0 Å². The summed E-state index contributed by atoms with van der Waals surface area (Å²) in [5.41, 5.74) is -0.538. The Morgan fingerprint density at radius 3 is 2.45 bits per heavy atom. The van der Waals surface area contributed by atoms with Crippen LogP contribution >= 0.6 is 0 Å². The van der Waals surface area contributed by atoms with Crippen LogP contribution in [-0.2, 0) is 10.9 Å². The number of hydrogen-bond acceptors (Lipinski definition) is 3. The van der Waals surface area contributed by atoms with Crippen molar-refractivity contribution in [1.29, 1.82) is 0 Å². The molecule has 0 aliphatic rings. The van der Waals surface area contributed by atoms with E-state index in [0.29, 0.717) is 6.54 Å². The lowest BCUT2D eigenvalue weighted by atomic mass is 9.91. The second-order valence-electron chi connectivity index (χ2n) is 4.94. The first kappa shape index (κ1) is 16.9. The van der Waals surface area contributed by atoms with E-state index in [0.717, 1.165) is 12.3 Å². The number of halogens is 3. The van der Waals surface area contributed by atoms with Crippen molar-refractivity contribution in [3.8, 4) is 0 Å². The first-order valence-corrected chi connectivity index (χ1v) is 6.60.